The summed E-state index contributed by atoms with van der Waals surface area (Å²) >= 11 is 3.54. The fourth-order valence-corrected chi connectivity index (χ4v) is 15.3. The summed E-state index contributed by atoms with van der Waals surface area (Å²) in [5.41, 5.74) is 9.41. The summed E-state index contributed by atoms with van der Waals surface area (Å²) in [6.07, 6.45) is 0. The van der Waals surface area contributed by atoms with Crippen molar-refractivity contribution in [3.05, 3.63) is 206 Å². The Balaban J connectivity index is 1.06. The minimum atomic E-state index is -2.54. The lowest BCUT2D eigenvalue weighted by Crippen LogP contribution is -2.50. The quantitative estimate of drug-likeness (QED) is 0.148. The van der Waals surface area contributed by atoms with Gasteiger partial charge >= 0.3 is 0 Å². The van der Waals surface area contributed by atoms with Gasteiger partial charge in [-0.3, -0.25) is 0 Å². The summed E-state index contributed by atoms with van der Waals surface area (Å²) in [4.78, 5) is 4.28. The van der Waals surface area contributed by atoms with E-state index in [4.69, 9.17) is 4.11 Å². The molecule has 11 aromatic rings. The van der Waals surface area contributed by atoms with Crippen molar-refractivity contribution in [1.29, 1.82) is 0 Å². The predicted molar refractivity (Wildman–Crippen MR) is 269 cm³/mol. The Kier molecular flexibility index (Phi) is 7.24. The van der Waals surface area contributed by atoms with Gasteiger partial charge in [-0.15, -0.1) is 22.7 Å². The molecule has 0 N–H and O–H groups in total. The first-order valence-corrected chi connectivity index (χ1v) is 25.1. The Bertz CT molecular complexity index is 3740. The van der Waals surface area contributed by atoms with Crippen LogP contribution < -0.4 is 20.2 Å². The number of nitrogens with zero attached hydrogens (tertiary/aromatic N) is 2. The predicted octanol–water partition coefficient (Wildman–Crippen LogP) is 15.8. The van der Waals surface area contributed by atoms with Gasteiger partial charge in [0.05, 0.1) is 6.85 Å². The van der Waals surface area contributed by atoms with Crippen LogP contribution in [0.1, 0.15) is 6.85 Å². The van der Waals surface area contributed by atoms with E-state index in [1.165, 1.54) is 30.1 Å². The molecule has 0 unspecified atom stereocenters. The Morgan fingerprint density at radius 3 is 1.93 bits per heavy atom. The standard InChI is InChI=1S/C56H40N2S2Si/c1-61(2)54-33-30-41(57(38-18-8-4-9-19-38)40-29-32-52-48(34-40)44-22-12-13-27-51(44)59-52)35-49(54)47-25-15-26-50(56(47)61)58(39-20-10-5-11-21-39)42-28-31-45-46-24-14-23-43(37-16-6-3-7-17-37)55(46)60-53(45)36-42/h3-36H,1-2H3/i5D,10D,11D,20D,21D. The number of hydrogen-bond donors (Lipinski definition) is 0. The maximum Gasteiger partial charge on any atom is 0.116 e. The minimum Gasteiger partial charge on any atom is -0.311 e. The fourth-order valence-electron chi connectivity index (χ4n) is 9.57. The van der Waals surface area contributed by atoms with E-state index >= 15 is 0 Å². The largest absolute Gasteiger partial charge is 0.311 e. The van der Waals surface area contributed by atoms with E-state index in [-0.39, 0.29) is 29.9 Å². The van der Waals surface area contributed by atoms with Crippen molar-refractivity contribution in [1.82, 2.24) is 0 Å². The van der Waals surface area contributed by atoms with E-state index in [1.54, 1.807) is 11.3 Å². The van der Waals surface area contributed by atoms with Crippen LogP contribution >= 0.6 is 22.7 Å². The van der Waals surface area contributed by atoms with Crippen LogP contribution in [-0.2, 0) is 0 Å². The highest BCUT2D eigenvalue weighted by Crippen LogP contribution is 2.46. The first-order chi connectivity index (χ1) is 32.1. The van der Waals surface area contributed by atoms with Crippen molar-refractivity contribution in [2.45, 2.75) is 13.1 Å². The van der Waals surface area contributed by atoms with Gasteiger partial charge in [0.15, 0.2) is 0 Å². The minimum absolute atomic E-state index is 0.132. The van der Waals surface area contributed by atoms with Crippen molar-refractivity contribution in [3.8, 4) is 22.3 Å². The van der Waals surface area contributed by atoms with Crippen LogP contribution in [0.5, 0.6) is 0 Å². The maximum atomic E-state index is 9.38. The highest BCUT2D eigenvalue weighted by Gasteiger charge is 2.41. The van der Waals surface area contributed by atoms with E-state index in [1.807, 2.05) is 34.4 Å². The van der Waals surface area contributed by atoms with Crippen LogP contribution in [0.15, 0.2) is 206 Å². The first kappa shape index (κ1) is 31.2. The molecule has 0 spiro atoms. The number of rotatable bonds is 7. The van der Waals surface area contributed by atoms with Crippen LogP contribution in [-0.4, -0.2) is 8.07 Å². The van der Waals surface area contributed by atoms with Crippen LogP contribution in [0.2, 0.25) is 13.1 Å². The molecule has 1 aliphatic rings. The zero-order valence-electron chi connectivity index (χ0n) is 38.5. The summed E-state index contributed by atoms with van der Waals surface area (Å²) < 4.78 is 49.8. The molecule has 0 amide bonds. The molecule has 0 bridgehead atoms. The third-order valence-corrected chi connectivity index (χ3v) is 18.2. The average Bonchev–Trinajstić information content (AvgIpc) is 3.99. The first-order valence-electron chi connectivity index (χ1n) is 23.0. The highest BCUT2D eigenvalue weighted by atomic mass is 32.1. The zero-order valence-corrected chi connectivity index (χ0v) is 36.1. The lowest BCUT2D eigenvalue weighted by molar-refractivity contribution is 1.29. The fraction of sp³-hybridized carbons (Fsp3) is 0.0357. The van der Waals surface area contributed by atoms with Gasteiger partial charge in [0.25, 0.3) is 0 Å². The van der Waals surface area contributed by atoms with Gasteiger partial charge < -0.3 is 9.80 Å². The summed E-state index contributed by atoms with van der Waals surface area (Å²) in [7, 11) is -2.54. The molecule has 0 atom stereocenters. The lowest BCUT2D eigenvalue weighted by atomic mass is 10.0. The highest BCUT2D eigenvalue weighted by molar-refractivity contribution is 7.26. The Morgan fingerprint density at radius 1 is 0.426 bits per heavy atom. The number of hydrogen-bond acceptors (Lipinski definition) is 4. The van der Waals surface area contributed by atoms with E-state index < -0.39 is 14.1 Å². The van der Waals surface area contributed by atoms with Gasteiger partial charge in [0.2, 0.25) is 0 Å². The van der Waals surface area contributed by atoms with Crippen LogP contribution in [0, 0.1) is 0 Å². The number of thiophene rings is 2. The van der Waals surface area contributed by atoms with Crippen molar-refractivity contribution >= 4 is 116 Å². The number of anilines is 6. The molecular weight excluding hydrogens is 793 g/mol. The van der Waals surface area contributed by atoms with E-state index in [0.29, 0.717) is 0 Å². The third kappa shape index (κ3) is 5.80. The molecule has 0 fully saturated rings. The molecule has 5 heteroatoms. The van der Waals surface area contributed by atoms with Crippen molar-refractivity contribution in [2.24, 2.45) is 0 Å². The molecule has 3 heterocycles. The topological polar surface area (TPSA) is 6.48 Å². The summed E-state index contributed by atoms with van der Waals surface area (Å²) in [6.45, 7) is 4.73. The maximum absolute atomic E-state index is 9.38. The van der Waals surface area contributed by atoms with Crippen molar-refractivity contribution < 1.29 is 6.85 Å². The van der Waals surface area contributed by atoms with E-state index in [0.717, 1.165) is 71.3 Å². The van der Waals surface area contributed by atoms with Gasteiger partial charge in [0.1, 0.15) is 8.07 Å². The van der Waals surface area contributed by atoms with Gasteiger partial charge in [-0.1, -0.05) is 140 Å². The smallest absolute Gasteiger partial charge is 0.116 e. The third-order valence-electron chi connectivity index (χ3n) is 12.3. The molecule has 0 radical (unpaired) electrons. The van der Waals surface area contributed by atoms with Gasteiger partial charge in [-0.05, 0) is 111 Å². The number of benzene rings is 9. The molecule has 0 saturated heterocycles. The van der Waals surface area contributed by atoms with Crippen LogP contribution in [0.4, 0.5) is 34.1 Å². The second-order valence-corrected chi connectivity index (χ2v) is 22.6. The van der Waals surface area contributed by atoms with E-state index in [9.17, 15) is 2.74 Å². The number of fused-ring (bicyclic) bond motifs is 9. The molecule has 290 valence electrons. The summed E-state index contributed by atoms with van der Waals surface area (Å²) in [5.74, 6) is 0. The molecule has 2 aromatic heterocycles. The molecular formula is C56H40N2S2Si. The van der Waals surface area contributed by atoms with Crippen molar-refractivity contribution in [2.75, 3.05) is 9.80 Å². The molecule has 2 nitrogen and oxygen atoms in total. The SMILES string of the molecule is [2H]c1c([2H])c([2H])c(N(c2ccc3c(c2)sc2c(-c4ccccc4)cccc23)c2cccc3c2[Si](C)(C)c2ccc(N(c4ccccc4)c4ccc5sc6ccccc6c5c4)cc2-3)c([2H])c1[2H]. The summed E-state index contributed by atoms with van der Waals surface area (Å²) in [6, 6.07) is 60.6. The molecule has 1 aliphatic heterocycles. The second kappa shape index (κ2) is 14.2. The second-order valence-electron chi connectivity index (χ2n) is 16.1. The Hall–Kier alpha value is -6.76. The molecule has 0 saturated carbocycles. The van der Waals surface area contributed by atoms with Crippen molar-refractivity contribution in [3.63, 3.8) is 0 Å². The Morgan fingerprint density at radius 2 is 1.08 bits per heavy atom. The van der Waals surface area contributed by atoms with Crippen LogP contribution in [0.3, 0.4) is 0 Å². The average molecular weight is 838 g/mol. The van der Waals surface area contributed by atoms with Crippen LogP contribution in [0.25, 0.3) is 62.6 Å². The molecule has 0 aliphatic carbocycles. The molecule has 9 aromatic carbocycles. The van der Waals surface area contributed by atoms with Gasteiger partial charge in [-0.25, -0.2) is 0 Å². The summed E-state index contributed by atoms with van der Waals surface area (Å²) in [5, 5.41) is 7.20. The zero-order chi connectivity index (χ0) is 45.0. The van der Waals surface area contributed by atoms with Gasteiger partial charge in [-0.2, -0.15) is 0 Å². The normalized spacial score (nSPS) is 14.0. The monoisotopic (exact) mass is 837 g/mol. The molecule has 61 heavy (non-hydrogen) atoms. The molecule has 12 rings (SSSR count). The Labute approximate surface area is 371 Å². The van der Waals surface area contributed by atoms with E-state index in [2.05, 4.69) is 176 Å². The van der Waals surface area contributed by atoms with Gasteiger partial charge in [0, 0.05) is 74.5 Å². The lowest BCUT2D eigenvalue weighted by Gasteiger charge is -2.31. The number of para-hydroxylation sites is 2.